The van der Waals surface area contributed by atoms with Gasteiger partial charge in [0.1, 0.15) is 5.70 Å². The van der Waals surface area contributed by atoms with Crippen molar-refractivity contribution in [3.63, 3.8) is 0 Å². The molecule has 0 aliphatic carbocycles. The van der Waals surface area contributed by atoms with Gasteiger partial charge in [-0.05, 0) is 66.3 Å². The number of hydrogen-bond acceptors (Lipinski definition) is 4. The lowest BCUT2D eigenvalue weighted by atomic mass is 10.0. The Labute approximate surface area is 200 Å². The van der Waals surface area contributed by atoms with E-state index in [0.29, 0.717) is 22.9 Å². The van der Waals surface area contributed by atoms with Crippen molar-refractivity contribution in [3.8, 4) is 0 Å². The molecule has 5 heteroatoms. The summed E-state index contributed by atoms with van der Waals surface area (Å²) < 4.78 is 0. The summed E-state index contributed by atoms with van der Waals surface area (Å²) in [6.45, 7) is 6.38. The fraction of sp³-hybridized carbons (Fsp3) is 0.241. The van der Waals surface area contributed by atoms with Gasteiger partial charge in [0.15, 0.2) is 0 Å². The molecule has 1 fully saturated rings. The average molecular weight is 452 g/mol. The zero-order valence-corrected chi connectivity index (χ0v) is 19.6. The highest BCUT2D eigenvalue weighted by Gasteiger charge is 2.40. The number of nitrogens with zero attached hydrogens (tertiary/aromatic N) is 2. The van der Waals surface area contributed by atoms with E-state index in [9.17, 15) is 9.59 Å². The van der Waals surface area contributed by atoms with Crippen LogP contribution in [0.5, 0.6) is 0 Å². The zero-order valence-electron chi connectivity index (χ0n) is 19.6. The van der Waals surface area contributed by atoms with Gasteiger partial charge in [-0.25, -0.2) is 4.90 Å². The van der Waals surface area contributed by atoms with Gasteiger partial charge < -0.3 is 10.2 Å². The number of carbonyl (C=O) groups excluding carboxylic acids is 2. The fourth-order valence-corrected chi connectivity index (χ4v) is 4.64. The summed E-state index contributed by atoms with van der Waals surface area (Å²) in [5.41, 5.74) is 5.12. The summed E-state index contributed by atoms with van der Waals surface area (Å²) in [5, 5.41) is 3.25. The van der Waals surface area contributed by atoms with Crippen molar-refractivity contribution in [1.82, 2.24) is 0 Å². The predicted molar refractivity (Wildman–Crippen MR) is 138 cm³/mol. The number of anilines is 3. The maximum atomic E-state index is 13.6. The van der Waals surface area contributed by atoms with Crippen molar-refractivity contribution < 1.29 is 9.59 Å². The Hall–Kier alpha value is -3.86. The van der Waals surface area contributed by atoms with Crippen molar-refractivity contribution >= 4 is 34.4 Å². The molecule has 2 aliphatic rings. The Morgan fingerprint density at radius 2 is 1.35 bits per heavy atom. The minimum atomic E-state index is -0.342. The van der Waals surface area contributed by atoms with Gasteiger partial charge >= 0.3 is 0 Å². The minimum Gasteiger partial charge on any atom is -0.372 e. The molecule has 0 radical (unpaired) electrons. The number of rotatable bonds is 6. The summed E-state index contributed by atoms with van der Waals surface area (Å²) in [7, 11) is 0. The van der Waals surface area contributed by atoms with Crippen LogP contribution in [0.1, 0.15) is 43.7 Å². The Morgan fingerprint density at radius 1 is 0.735 bits per heavy atom. The molecule has 0 spiro atoms. The van der Waals surface area contributed by atoms with Gasteiger partial charge in [-0.1, -0.05) is 56.3 Å². The predicted octanol–water partition coefficient (Wildman–Crippen LogP) is 5.81. The molecule has 0 unspecified atom stereocenters. The summed E-state index contributed by atoms with van der Waals surface area (Å²) in [4.78, 5) is 30.8. The standard InChI is InChI=1S/C29H29N3O2/c1-20(2)21-10-12-23(13-11-21)30-27-26(22-8-4-3-5-9-22)28(33)32(29(27)34)25-16-14-24(15-17-25)31-18-6-7-19-31/h3-5,8-17,20,30H,6-7,18-19H2,1-2H3. The fourth-order valence-electron chi connectivity index (χ4n) is 4.64. The summed E-state index contributed by atoms with van der Waals surface area (Å²) in [6.07, 6.45) is 2.39. The Morgan fingerprint density at radius 3 is 1.97 bits per heavy atom. The van der Waals surface area contributed by atoms with Crippen molar-refractivity contribution in [2.45, 2.75) is 32.6 Å². The van der Waals surface area contributed by atoms with E-state index in [0.717, 1.165) is 30.0 Å². The van der Waals surface area contributed by atoms with E-state index in [-0.39, 0.29) is 11.8 Å². The molecule has 1 N–H and O–H groups in total. The number of nitrogens with one attached hydrogen (secondary N) is 1. The summed E-state index contributed by atoms with van der Waals surface area (Å²) >= 11 is 0. The third-order valence-corrected chi connectivity index (χ3v) is 6.57. The molecule has 172 valence electrons. The lowest BCUT2D eigenvalue weighted by Crippen LogP contribution is -2.32. The molecular formula is C29H29N3O2. The highest BCUT2D eigenvalue weighted by molar-refractivity contribution is 6.46. The number of imide groups is 1. The van der Waals surface area contributed by atoms with Crippen LogP contribution in [0.2, 0.25) is 0 Å². The number of carbonyl (C=O) groups is 2. The smallest absolute Gasteiger partial charge is 0.282 e. The van der Waals surface area contributed by atoms with Crippen LogP contribution in [-0.4, -0.2) is 24.9 Å². The van der Waals surface area contributed by atoms with Gasteiger partial charge in [0, 0.05) is 24.5 Å². The highest BCUT2D eigenvalue weighted by Crippen LogP contribution is 2.35. The molecule has 0 bridgehead atoms. The topological polar surface area (TPSA) is 52.7 Å². The molecule has 2 heterocycles. The third-order valence-electron chi connectivity index (χ3n) is 6.57. The second kappa shape index (κ2) is 9.18. The van der Waals surface area contributed by atoms with Crippen LogP contribution < -0.4 is 15.1 Å². The van der Waals surface area contributed by atoms with Gasteiger partial charge in [-0.15, -0.1) is 0 Å². The van der Waals surface area contributed by atoms with E-state index in [2.05, 4.69) is 24.1 Å². The number of amides is 2. The first-order valence-corrected chi connectivity index (χ1v) is 11.9. The van der Waals surface area contributed by atoms with Crippen LogP contribution in [0, 0.1) is 0 Å². The molecule has 5 rings (SSSR count). The van der Waals surface area contributed by atoms with Gasteiger partial charge in [0.2, 0.25) is 0 Å². The van der Waals surface area contributed by atoms with E-state index in [1.807, 2.05) is 78.9 Å². The van der Waals surface area contributed by atoms with Crippen molar-refractivity contribution in [1.29, 1.82) is 0 Å². The van der Waals surface area contributed by atoms with E-state index in [4.69, 9.17) is 0 Å². The molecule has 0 atom stereocenters. The molecule has 5 nitrogen and oxygen atoms in total. The molecule has 2 amide bonds. The molecule has 34 heavy (non-hydrogen) atoms. The SMILES string of the molecule is CC(C)c1ccc(NC2=C(c3ccccc3)C(=O)N(c3ccc(N4CCCC4)cc3)C2=O)cc1. The maximum Gasteiger partial charge on any atom is 0.282 e. The Kier molecular flexibility index (Phi) is 5.93. The minimum absolute atomic E-state index is 0.303. The molecular weight excluding hydrogens is 422 g/mol. The van der Waals surface area contributed by atoms with Crippen LogP contribution in [0.4, 0.5) is 17.1 Å². The van der Waals surface area contributed by atoms with Crippen molar-refractivity contribution in [3.05, 3.63) is 95.7 Å². The van der Waals surface area contributed by atoms with Gasteiger partial charge in [0.25, 0.3) is 11.8 Å². The molecule has 2 aliphatic heterocycles. The summed E-state index contributed by atoms with van der Waals surface area (Å²) in [6, 6.07) is 25.1. The normalized spacial score (nSPS) is 16.2. The van der Waals surface area contributed by atoms with Crippen LogP contribution in [0.25, 0.3) is 5.57 Å². The highest BCUT2D eigenvalue weighted by atomic mass is 16.2. The Balaban J connectivity index is 1.49. The first-order chi connectivity index (χ1) is 16.5. The molecule has 3 aromatic carbocycles. The third kappa shape index (κ3) is 4.10. The van der Waals surface area contributed by atoms with E-state index in [1.54, 1.807) is 0 Å². The second-order valence-corrected chi connectivity index (χ2v) is 9.17. The lowest BCUT2D eigenvalue weighted by molar-refractivity contribution is -0.120. The van der Waals surface area contributed by atoms with Gasteiger partial charge in [-0.3, -0.25) is 9.59 Å². The van der Waals surface area contributed by atoms with Crippen molar-refractivity contribution in [2.75, 3.05) is 28.2 Å². The molecule has 1 saturated heterocycles. The first-order valence-electron chi connectivity index (χ1n) is 11.9. The van der Waals surface area contributed by atoms with Gasteiger partial charge in [0.05, 0.1) is 11.3 Å². The second-order valence-electron chi connectivity index (χ2n) is 9.17. The monoisotopic (exact) mass is 451 g/mol. The van der Waals surface area contributed by atoms with Crippen LogP contribution in [0.3, 0.4) is 0 Å². The van der Waals surface area contributed by atoms with Crippen LogP contribution in [0.15, 0.2) is 84.6 Å². The lowest BCUT2D eigenvalue weighted by Gasteiger charge is -2.20. The molecule has 0 saturated carbocycles. The average Bonchev–Trinajstić information content (AvgIpc) is 3.47. The first kappa shape index (κ1) is 22.0. The van der Waals surface area contributed by atoms with Gasteiger partial charge in [-0.2, -0.15) is 0 Å². The van der Waals surface area contributed by atoms with E-state index < -0.39 is 0 Å². The number of hydrogen-bond donors (Lipinski definition) is 1. The van der Waals surface area contributed by atoms with Crippen molar-refractivity contribution in [2.24, 2.45) is 0 Å². The van der Waals surface area contributed by atoms with E-state index >= 15 is 0 Å². The number of benzene rings is 3. The van der Waals surface area contributed by atoms with Crippen LogP contribution in [-0.2, 0) is 9.59 Å². The molecule has 3 aromatic rings. The summed E-state index contributed by atoms with van der Waals surface area (Å²) in [5.74, 6) is -0.237. The van der Waals surface area contributed by atoms with Crippen LogP contribution >= 0.6 is 0 Å². The van der Waals surface area contributed by atoms with E-state index in [1.165, 1.54) is 23.3 Å². The zero-order chi connectivity index (χ0) is 23.7. The quantitative estimate of drug-likeness (QED) is 0.481. The molecule has 0 aromatic heterocycles. The largest absolute Gasteiger partial charge is 0.372 e. The Bertz CT molecular complexity index is 1220. The maximum absolute atomic E-state index is 13.6.